The number of nitrogens with zero attached hydrogens (tertiary/aromatic N) is 1. The second kappa shape index (κ2) is 4.59. The molecule has 0 atom stereocenters. The van der Waals surface area contributed by atoms with Crippen LogP contribution in [0.4, 0.5) is 5.82 Å². The number of pyridine rings is 1. The summed E-state index contributed by atoms with van der Waals surface area (Å²) < 4.78 is 25.9. The Balaban J connectivity index is 2.81. The maximum Gasteiger partial charge on any atom is 0.234 e. The van der Waals surface area contributed by atoms with Crippen LogP contribution < -0.4 is 4.72 Å². The molecule has 1 N–H and O–H groups in total. The maximum absolute atomic E-state index is 11.7. The molecule has 90 valence electrons. The molecular weight excluding hydrogens is 248 g/mol. The lowest BCUT2D eigenvalue weighted by Crippen LogP contribution is -2.26. The van der Waals surface area contributed by atoms with Crippen molar-refractivity contribution in [3.05, 3.63) is 23.4 Å². The van der Waals surface area contributed by atoms with E-state index < -0.39 is 10.0 Å². The molecule has 1 heterocycles. The normalized spacial score (nSPS) is 12.5. The van der Waals surface area contributed by atoms with Gasteiger partial charge in [-0.2, -0.15) is 0 Å². The highest BCUT2D eigenvalue weighted by molar-refractivity contribution is 7.92. The summed E-state index contributed by atoms with van der Waals surface area (Å²) in [6, 6.07) is 4.79. The maximum atomic E-state index is 11.7. The summed E-state index contributed by atoms with van der Waals surface area (Å²) in [4.78, 5) is 3.86. The molecule has 6 heteroatoms. The zero-order valence-electron chi connectivity index (χ0n) is 9.49. The van der Waals surface area contributed by atoms with Crippen LogP contribution in [0.2, 0.25) is 5.15 Å². The van der Waals surface area contributed by atoms with E-state index in [4.69, 9.17) is 11.6 Å². The number of hydrogen-bond donors (Lipinski definition) is 1. The van der Waals surface area contributed by atoms with E-state index in [9.17, 15) is 8.42 Å². The summed E-state index contributed by atoms with van der Waals surface area (Å²) in [5.41, 5.74) is -0.301. The molecule has 0 radical (unpaired) electrons. The fourth-order valence-corrected chi connectivity index (χ4v) is 3.04. The Morgan fingerprint density at radius 1 is 1.38 bits per heavy atom. The molecule has 0 aliphatic rings. The first-order valence-electron chi connectivity index (χ1n) is 4.81. The third-order valence-corrected chi connectivity index (χ3v) is 3.57. The summed E-state index contributed by atoms with van der Waals surface area (Å²) in [5, 5.41) is 0.260. The lowest BCUT2D eigenvalue weighted by Gasteiger charge is -2.18. The molecule has 0 aliphatic carbocycles. The van der Waals surface area contributed by atoms with Crippen LogP contribution in [-0.2, 0) is 10.0 Å². The van der Waals surface area contributed by atoms with Crippen molar-refractivity contribution in [2.45, 2.75) is 20.8 Å². The van der Waals surface area contributed by atoms with Crippen LogP contribution in [0.15, 0.2) is 18.2 Å². The lowest BCUT2D eigenvalue weighted by molar-refractivity contribution is 0.463. The Labute approximate surface area is 101 Å². The molecule has 0 saturated heterocycles. The predicted octanol–water partition coefficient (Wildman–Crippen LogP) is 2.52. The van der Waals surface area contributed by atoms with E-state index in [2.05, 4.69) is 9.71 Å². The number of anilines is 1. The Hall–Kier alpha value is -0.810. The van der Waals surface area contributed by atoms with Gasteiger partial charge in [0.05, 0.1) is 5.75 Å². The van der Waals surface area contributed by atoms with Gasteiger partial charge in [-0.25, -0.2) is 13.4 Å². The standard InChI is InChI=1S/C10H15ClN2O2S/c1-10(2,3)7-16(14,15)13-9-6-4-5-8(11)12-9/h4-6H,7H2,1-3H3,(H,12,13). The Morgan fingerprint density at radius 3 is 2.50 bits per heavy atom. The molecule has 0 aromatic carbocycles. The summed E-state index contributed by atoms with van der Waals surface area (Å²) in [7, 11) is -3.38. The van der Waals surface area contributed by atoms with E-state index >= 15 is 0 Å². The number of halogens is 1. The summed E-state index contributed by atoms with van der Waals surface area (Å²) in [5.74, 6) is 0.283. The highest BCUT2D eigenvalue weighted by Crippen LogP contribution is 2.18. The lowest BCUT2D eigenvalue weighted by atomic mass is 10.0. The van der Waals surface area contributed by atoms with Crippen LogP contribution in [-0.4, -0.2) is 19.2 Å². The van der Waals surface area contributed by atoms with Gasteiger partial charge in [0.25, 0.3) is 0 Å². The van der Waals surface area contributed by atoms with Crippen molar-refractivity contribution in [1.29, 1.82) is 0 Å². The van der Waals surface area contributed by atoms with Crippen molar-refractivity contribution < 1.29 is 8.42 Å². The molecule has 0 spiro atoms. The molecule has 0 aliphatic heterocycles. The van der Waals surface area contributed by atoms with Crippen LogP contribution in [0.5, 0.6) is 0 Å². The van der Waals surface area contributed by atoms with Gasteiger partial charge in [-0.3, -0.25) is 4.72 Å². The van der Waals surface area contributed by atoms with E-state index in [-0.39, 0.29) is 22.1 Å². The molecule has 0 fully saturated rings. The van der Waals surface area contributed by atoms with Crippen molar-refractivity contribution in [1.82, 2.24) is 4.98 Å². The molecular formula is C10H15ClN2O2S. The third-order valence-electron chi connectivity index (χ3n) is 1.60. The van der Waals surface area contributed by atoms with E-state index in [0.29, 0.717) is 0 Å². The van der Waals surface area contributed by atoms with Crippen LogP contribution in [0.3, 0.4) is 0 Å². The van der Waals surface area contributed by atoms with Gasteiger partial charge in [0.1, 0.15) is 11.0 Å². The minimum atomic E-state index is -3.38. The zero-order chi connectivity index (χ0) is 12.4. The smallest absolute Gasteiger partial charge is 0.234 e. The summed E-state index contributed by atoms with van der Waals surface area (Å²) in [6.45, 7) is 5.58. The zero-order valence-corrected chi connectivity index (χ0v) is 11.1. The second-order valence-corrected chi connectivity index (χ2v) is 6.88. The molecule has 1 rings (SSSR count). The van der Waals surface area contributed by atoms with E-state index in [1.165, 1.54) is 0 Å². The quantitative estimate of drug-likeness (QED) is 0.852. The first-order chi connectivity index (χ1) is 7.18. The highest BCUT2D eigenvalue weighted by atomic mass is 35.5. The van der Waals surface area contributed by atoms with Gasteiger partial charge >= 0.3 is 0 Å². The van der Waals surface area contributed by atoms with Crippen LogP contribution in [0.25, 0.3) is 0 Å². The van der Waals surface area contributed by atoms with E-state index in [1.807, 2.05) is 20.8 Å². The molecule has 0 saturated carbocycles. The minimum Gasteiger partial charge on any atom is -0.267 e. The number of hydrogen-bond acceptors (Lipinski definition) is 3. The number of nitrogens with one attached hydrogen (secondary N) is 1. The van der Waals surface area contributed by atoms with Crippen molar-refractivity contribution in [3.8, 4) is 0 Å². The summed E-state index contributed by atoms with van der Waals surface area (Å²) >= 11 is 5.66. The van der Waals surface area contributed by atoms with Crippen molar-refractivity contribution in [3.63, 3.8) is 0 Å². The SMILES string of the molecule is CC(C)(C)CS(=O)(=O)Nc1cccc(Cl)n1. The molecule has 4 nitrogen and oxygen atoms in total. The topological polar surface area (TPSA) is 59.1 Å². The minimum absolute atomic E-state index is 0.0359. The highest BCUT2D eigenvalue weighted by Gasteiger charge is 2.21. The van der Waals surface area contributed by atoms with Gasteiger partial charge in [0.15, 0.2) is 0 Å². The van der Waals surface area contributed by atoms with Gasteiger partial charge in [0.2, 0.25) is 10.0 Å². The first-order valence-corrected chi connectivity index (χ1v) is 6.84. The monoisotopic (exact) mass is 262 g/mol. The fraction of sp³-hybridized carbons (Fsp3) is 0.500. The van der Waals surface area contributed by atoms with Crippen molar-refractivity contribution in [2.24, 2.45) is 5.41 Å². The largest absolute Gasteiger partial charge is 0.267 e. The van der Waals surface area contributed by atoms with E-state index in [1.54, 1.807) is 18.2 Å². The number of sulfonamides is 1. The van der Waals surface area contributed by atoms with Crippen LogP contribution in [0, 0.1) is 5.41 Å². The average molecular weight is 263 g/mol. The molecule has 16 heavy (non-hydrogen) atoms. The van der Waals surface area contributed by atoms with Crippen LogP contribution in [0.1, 0.15) is 20.8 Å². The molecule has 1 aromatic heterocycles. The third kappa shape index (κ3) is 4.81. The Kier molecular flexibility index (Phi) is 3.80. The number of aromatic nitrogens is 1. The Morgan fingerprint density at radius 2 is 2.00 bits per heavy atom. The molecule has 1 aromatic rings. The first kappa shape index (κ1) is 13.3. The van der Waals surface area contributed by atoms with Crippen LogP contribution >= 0.6 is 11.6 Å². The molecule has 0 unspecified atom stereocenters. The van der Waals surface area contributed by atoms with Gasteiger partial charge < -0.3 is 0 Å². The van der Waals surface area contributed by atoms with Gasteiger partial charge in [-0.15, -0.1) is 0 Å². The van der Waals surface area contributed by atoms with Gasteiger partial charge in [0, 0.05) is 0 Å². The van der Waals surface area contributed by atoms with Gasteiger partial charge in [-0.05, 0) is 17.5 Å². The summed E-state index contributed by atoms with van der Waals surface area (Å²) in [6.07, 6.45) is 0. The second-order valence-electron chi connectivity index (χ2n) is 4.77. The molecule has 0 amide bonds. The van der Waals surface area contributed by atoms with E-state index in [0.717, 1.165) is 0 Å². The average Bonchev–Trinajstić information content (AvgIpc) is 1.96. The Bertz CT molecular complexity index is 466. The number of rotatable bonds is 3. The van der Waals surface area contributed by atoms with Crippen molar-refractivity contribution in [2.75, 3.05) is 10.5 Å². The molecule has 0 bridgehead atoms. The van der Waals surface area contributed by atoms with Crippen molar-refractivity contribution >= 4 is 27.4 Å². The fourth-order valence-electron chi connectivity index (χ4n) is 1.23. The predicted molar refractivity (Wildman–Crippen MR) is 66.1 cm³/mol. The van der Waals surface area contributed by atoms with Gasteiger partial charge in [-0.1, -0.05) is 38.4 Å².